The third kappa shape index (κ3) is 2.45. The maximum atomic E-state index is 6.21. The molecule has 0 aromatic rings. The summed E-state index contributed by atoms with van der Waals surface area (Å²) >= 11 is 0. The number of likely N-dealkylation sites (tertiary alicyclic amines) is 1. The summed E-state index contributed by atoms with van der Waals surface area (Å²) in [7, 11) is 1.83. The van der Waals surface area contributed by atoms with Crippen molar-refractivity contribution in [3.63, 3.8) is 0 Å². The van der Waals surface area contributed by atoms with Gasteiger partial charge in [0.05, 0.1) is 6.10 Å². The monoisotopic (exact) mass is 254 g/mol. The van der Waals surface area contributed by atoms with E-state index in [1.807, 2.05) is 7.11 Å². The molecule has 2 unspecified atom stereocenters. The molecule has 2 N–H and O–H groups in total. The van der Waals surface area contributed by atoms with Gasteiger partial charge in [-0.2, -0.15) is 0 Å². The number of piperidine rings is 1. The van der Waals surface area contributed by atoms with E-state index in [9.17, 15) is 0 Å². The zero-order valence-corrected chi connectivity index (χ0v) is 12.5. The number of hydrogen-bond donors (Lipinski definition) is 1. The summed E-state index contributed by atoms with van der Waals surface area (Å²) in [5, 5.41) is 0. The van der Waals surface area contributed by atoms with Crippen LogP contribution in [0.15, 0.2) is 0 Å². The summed E-state index contributed by atoms with van der Waals surface area (Å²) < 4.78 is 5.48. The highest BCUT2D eigenvalue weighted by molar-refractivity contribution is 5.06. The maximum Gasteiger partial charge on any atom is 0.0595 e. The fourth-order valence-corrected chi connectivity index (χ4v) is 4.46. The molecule has 0 amide bonds. The Morgan fingerprint density at radius 1 is 1.28 bits per heavy atom. The molecule has 0 aromatic heterocycles. The maximum absolute atomic E-state index is 6.21. The second kappa shape index (κ2) is 5.10. The molecule has 2 aliphatic rings. The zero-order valence-electron chi connectivity index (χ0n) is 12.5. The van der Waals surface area contributed by atoms with E-state index in [1.54, 1.807) is 0 Å². The van der Waals surface area contributed by atoms with E-state index >= 15 is 0 Å². The first-order valence-corrected chi connectivity index (χ1v) is 7.41. The third-order valence-corrected chi connectivity index (χ3v) is 5.32. The molecule has 0 spiro atoms. The van der Waals surface area contributed by atoms with Crippen LogP contribution in [0.5, 0.6) is 0 Å². The number of methoxy groups -OCH3 is 1. The Morgan fingerprint density at radius 2 is 1.89 bits per heavy atom. The van der Waals surface area contributed by atoms with E-state index in [2.05, 4.69) is 25.7 Å². The Balaban J connectivity index is 2.09. The Labute approximate surface area is 112 Å². The van der Waals surface area contributed by atoms with Crippen LogP contribution in [0.2, 0.25) is 0 Å². The summed E-state index contributed by atoms with van der Waals surface area (Å²) in [6.07, 6.45) is 5.32. The summed E-state index contributed by atoms with van der Waals surface area (Å²) in [4.78, 5) is 2.67. The van der Waals surface area contributed by atoms with Crippen molar-refractivity contribution < 1.29 is 4.74 Å². The van der Waals surface area contributed by atoms with E-state index in [0.29, 0.717) is 17.4 Å². The van der Waals surface area contributed by atoms with Crippen molar-refractivity contribution in [2.24, 2.45) is 17.1 Å². The Morgan fingerprint density at radius 3 is 2.28 bits per heavy atom. The van der Waals surface area contributed by atoms with Gasteiger partial charge in [-0.05, 0) is 37.0 Å². The molecule has 2 rings (SSSR count). The van der Waals surface area contributed by atoms with Crippen LogP contribution >= 0.6 is 0 Å². The lowest BCUT2D eigenvalue weighted by atomic mass is 9.83. The van der Waals surface area contributed by atoms with Crippen LogP contribution in [0.4, 0.5) is 0 Å². The molecule has 1 aliphatic carbocycles. The summed E-state index contributed by atoms with van der Waals surface area (Å²) in [5.74, 6) is 0.705. The smallest absolute Gasteiger partial charge is 0.0595 e. The van der Waals surface area contributed by atoms with Gasteiger partial charge in [-0.1, -0.05) is 20.8 Å². The highest BCUT2D eigenvalue weighted by Crippen LogP contribution is 2.50. The number of hydrogen-bond acceptors (Lipinski definition) is 3. The van der Waals surface area contributed by atoms with Gasteiger partial charge in [-0.15, -0.1) is 0 Å². The van der Waals surface area contributed by atoms with Crippen molar-refractivity contribution in [3.05, 3.63) is 0 Å². The average molecular weight is 254 g/mol. The van der Waals surface area contributed by atoms with Gasteiger partial charge in [-0.3, -0.25) is 4.90 Å². The van der Waals surface area contributed by atoms with E-state index in [4.69, 9.17) is 10.5 Å². The molecule has 1 saturated heterocycles. The molecular formula is C15H30N2O. The largest absolute Gasteiger partial charge is 0.381 e. The molecule has 1 saturated carbocycles. The highest BCUT2D eigenvalue weighted by atomic mass is 16.5. The molecule has 1 aliphatic heterocycles. The predicted octanol–water partition coefficient (Wildman–Crippen LogP) is 2.25. The summed E-state index contributed by atoms with van der Waals surface area (Å²) in [6.45, 7) is 10.3. The van der Waals surface area contributed by atoms with Crippen LogP contribution in [0, 0.1) is 11.3 Å². The van der Waals surface area contributed by atoms with Crippen LogP contribution in [0.25, 0.3) is 0 Å². The lowest BCUT2D eigenvalue weighted by Gasteiger charge is -2.47. The SMILES string of the molecule is COC1CCN(C2(CN)CC(C)(C)CC2C)CC1. The van der Waals surface area contributed by atoms with Crippen molar-refractivity contribution in [1.29, 1.82) is 0 Å². The second-order valence-electron chi connectivity index (χ2n) is 7.18. The normalized spacial score (nSPS) is 38.2. The molecule has 106 valence electrons. The van der Waals surface area contributed by atoms with Crippen molar-refractivity contribution in [1.82, 2.24) is 4.90 Å². The Hall–Kier alpha value is -0.120. The summed E-state index contributed by atoms with van der Waals surface area (Å²) in [5.41, 5.74) is 6.89. The molecular weight excluding hydrogens is 224 g/mol. The molecule has 0 aromatic carbocycles. The highest BCUT2D eigenvalue weighted by Gasteiger charge is 2.51. The fourth-order valence-electron chi connectivity index (χ4n) is 4.46. The molecule has 3 heteroatoms. The van der Waals surface area contributed by atoms with E-state index in [-0.39, 0.29) is 5.54 Å². The predicted molar refractivity (Wildman–Crippen MR) is 75.6 cm³/mol. The molecule has 3 nitrogen and oxygen atoms in total. The molecule has 0 bridgehead atoms. The topological polar surface area (TPSA) is 38.5 Å². The van der Waals surface area contributed by atoms with Crippen LogP contribution in [0.1, 0.15) is 46.5 Å². The van der Waals surface area contributed by atoms with Gasteiger partial charge in [-0.25, -0.2) is 0 Å². The first-order chi connectivity index (χ1) is 8.43. The molecule has 1 heterocycles. The number of ether oxygens (including phenoxy) is 1. The Kier molecular flexibility index (Phi) is 4.05. The fraction of sp³-hybridized carbons (Fsp3) is 1.00. The molecule has 2 atom stereocenters. The zero-order chi connectivity index (χ0) is 13.4. The Bertz CT molecular complexity index is 284. The van der Waals surface area contributed by atoms with Crippen LogP contribution < -0.4 is 5.73 Å². The van der Waals surface area contributed by atoms with Gasteiger partial charge >= 0.3 is 0 Å². The number of nitrogens with zero attached hydrogens (tertiary/aromatic N) is 1. The van der Waals surface area contributed by atoms with Gasteiger partial charge in [0.1, 0.15) is 0 Å². The minimum Gasteiger partial charge on any atom is -0.381 e. The van der Waals surface area contributed by atoms with Gasteiger partial charge in [0, 0.05) is 32.3 Å². The van der Waals surface area contributed by atoms with Crippen LogP contribution in [-0.4, -0.2) is 43.3 Å². The molecule has 2 fully saturated rings. The standard InChI is InChI=1S/C15H30N2O/c1-12-9-14(2,3)10-15(12,11-16)17-7-5-13(18-4)6-8-17/h12-13H,5-11,16H2,1-4H3. The van der Waals surface area contributed by atoms with E-state index in [0.717, 1.165) is 32.5 Å². The van der Waals surface area contributed by atoms with Crippen LogP contribution in [0.3, 0.4) is 0 Å². The van der Waals surface area contributed by atoms with Gasteiger partial charge < -0.3 is 10.5 Å². The van der Waals surface area contributed by atoms with Gasteiger partial charge in [0.15, 0.2) is 0 Å². The van der Waals surface area contributed by atoms with Gasteiger partial charge in [0.25, 0.3) is 0 Å². The van der Waals surface area contributed by atoms with E-state index in [1.165, 1.54) is 12.8 Å². The summed E-state index contributed by atoms with van der Waals surface area (Å²) in [6, 6.07) is 0. The number of nitrogens with two attached hydrogens (primary N) is 1. The third-order valence-electron chi connectivity index (χ3n) is 5.32. The van der Waals surface area contributed by atoms with Crippen molar-refractivity contribution in [2.45, 2.75) is 58.1 Å². The molecule has 18 heavy (non-hydrogen) atoms. The second-order valence-corrected chi connectivity index (χ2v) is 7.18. The minimum absolute atomic E-state index is 0.238. The van der Waals surface area contributed by atoms with Crippen molar-refractivity contribution in [3.8, 4) is 0 Å². The van der Waals surface area contributed by atoms with Crippen molar-refractivity contribution in [2.75, 3.05) is 26.7 Å². The van der Waals surface area contributed by atoms with E-state index < -0.39 is 0 Å². The lowest BCUT2D eigenvalue weighted by Crippen LogP contribution is -2.58. The van der Waals surface area contributed by atoms with Crippen LogP contribution in [-0.2, 0) is 4.74 Å². The van der Waals surface area contributed by atoms with Crippen molar-refractivity contribution >= 4 is 0 Å². The minimum atomic E-state index is 0.238. The number of rotatable bonds is 3. The average Bonchev–Trinajstić information content (AvgIpc) is 2.59. The first kappa shape index (κ1) is 14.3. The van der Waals surface area contributed by atoms with Gasteiger partial charge in [0.2, 0.25) is 0 Å². The molecule has 0 radical (unpaired) electrons. The quantitative estimate of drug-likeness (QED) is 0.839. The first-order valence-electron chi connectivity index (χ1n) is 7.41. The lowest BCUT2D eigenvalue weighted by molar-refractivity contribution is -0.0159.